The van der Waals surface area contributed by atoms with Crippen molar-refractivity contribution in [2.45, 2.75) is 32.7 Å². The zero-order valence-corrected chi connectivity index (χ0v) is 9.38. The van der Waals surface area contributed by atoms with E-state index in [1.165, 1.54) is 0 Å². The topological polar surface area (TPSA) is 47.3 Å². The Balaban J connectivity index is 2.16. The molecule has 1 aliphatic rings. The minimum Gasteiger partial charge on any atom is -0.444 e. The molecule has 1 aromatic rings. The van der Waals surface area contributed by atoms with Crippen molar-refractivity contribution < 1.29 is 9.15 Å². The van der Waals surface area contributed by atoms with E-state index in [0.717, 1.165) is 43.3 Å². The maximum atomic E-state index is 5.74. The number of rotatable bonds is 3. The molecule has 15 heavy (non-hydrogen) atoms. The van der Waals surface area contributed by atoms with Crippen LogP contribution in [0.4, 0.5) is 0 Å². The Morgan fingerprint density at radius 2 is 2.27 bits per heavy atom. The fourth-order valence-electron chi connectivity index (χ4n) is 1.83. The average Bonchev–Trinajstić information content (AvgIpc) is 2.73. The van der Waals surface area contributed by atoms with Gasteiger partial charge >= 0.3 is 0 Å². The van der Waals surface area contributed by atoms with Crippen molar-refractivity contribution in [2.24, 2.45) is 0 Å². The molecular formula is C11H18N2O2. The predicted molar refractivity (Wildman–Crippen MR) is 56.8 cm³/mol. The van der Waals surface area contributed by atoms with Gasteiger partial charge in [0.2, 0.25) is 5.89 Å². The van der Waals surface area contributed by atoms with E-state index in [9.17, 15) is 0 Å². The van der Waals surface area contributed by atoms with Crippen molar-refractivity contribution >= 4 is 0 Å². The summed E-state index contributed by atoms with van der Waals surface area (Å²) in [6.07, 6.45) is 1.84. The van der Waals surface area contributed by atoms with Crippen LogP contribution in [0.5, 0.6) is 0 Å². The summed E-state index contributed by atoms with van der Waals surface area (Å²) in [6.45, 7) is 6.50. The first kappa shape index (κ1) is 10.6. The standard InChI is InChI=1S/C11H18N2O2/c1-3-8-10(4-2)15-11(13-8)9-7-14-6-5-12-9/h9,12H,3-7H2,1-2H3. The molecule has 1 saturated heterocycles. The second-order valence-electron chi connectivity index (χ2n) is 3.71. The SMILES string of the molecule is CCc1nc(C2COCCN2)oc1CC. The zero-order valence-electron chi connectivity index (χ0n) is 9.38. The van der Waals surface area contributed by atoms with Crippen LogP contribution in [0, 0.1) is 0 Å². The van der Waals surface area contributed by atoms with Crippen LogP contribution in [0.2, 0.25) is 0 Å². The lowest BCUT2D eigenvalue weighted by Crippen LogP contribution is -2.34. The molecule has 0 aliphatic carbocycles. The molecule has 0 radical (unpaired) electrons. The minimum atomic E-state index is 0.129. The maximum Gasteiger partial charge on any atom is 0.214 e. The van der Waals surface area contributed by atoms with Gasteiger partial charge in [-0.3, -0.25) is 0 Å². The second-order valence-corrected chi connectivity index (χ2v) is 3.71. The van der Waals surface area contributed by atoms with Crippen LogP contribution in [0.25, 0.3) is 0 Å². The lowest BCUT2D eigenvalue weighted by molar-refractivity contribution is 0.0677. The van der Waals surface area contributed by atoms with Crippen LogP contribution < -0.4 is 5.32 Å². The molecule has 84 valence electrons. The fourth-order valence-corrected chi connectivity index (χ4v) is 1.83. The minimum absolute atomic E-state index is 0.129. The molecule has 0 spiro atoms. The molecule has 0 aromatic carbocycles. The first-order valence-corrected chi connectivity index (χ1v) is 5.64. The Morgan fingerprint density at radius 3 is 2.80 bits per heavy atom. The third-order valence-corrected chi connectivity index (χ3v) is 2.67. The average molecular weight is 210 g/mol. The molecule has 1 aromatic heterocycles. The van der Waals surface area contributed by atoms with Crippen LogP contribution in [0.15, 0.2) is 4.42 Å². The molecule has 1 N–H and O–H groups in total. The Hall–Kier alpha value is -0.870. The third kappa shape index (κ3) is 2.21. The van der Waals surface area contributed by atoms with Gasteiger partial charge in [0.25, 0.3) is 0 Å². The smallest absolute Gasteiger partial charge is 0.214 e. The number of nitrogens with zero attached hydrogens (tertiary/aromatic N) is 1. The molecule has 2 rings (SSSR count). The monoisotopic (exact) mass is 210 g/mol. The number of ether oxygens (including phenoxy) is 1. The zero-order chi connectivity index (χ0) is 10.7. The Labute approximate surface area is 90.0 Å². The highest BCUT2D eigenvalue weighted by atomic mass is 16.5. The Bertz CT molecular complexity index is 295. The summed E-state index contributed by atoms with van der Waals surface area (Å²) in [5.41, 5.74) is 1.08. The highest BCUT2D eigenvalue weighted by molar-refractivity contribution is 5.11. The van der Waals surface area contributed by atoms with E-state index in [1.54, 1.807) is 0 Å². The van der Waals surface area contributed by atoms with Crippen LogP contribution in [0.1, 0.15) is 37.2 Å². The third-order valence-electron chi connectivity index (χ3n) is 2.67. The number of aryl methyl sites for hydroxylation is 2. The first-order chi connectivity index (χ1) is 7.35. The van der Waals surface area contributed by atoms with E-state index in [-0.39, 0.29) is 6.04 Å². The molecule has 4 heteroatoms. The molecule has 2 heterocycles. The maximum absolute atomic E-state index is 5.74. The van der Waals surface area contributed by atoms with E-state index in [0.29, 0.717) is 6.61 Å². The van der Waals surface area contributed by atoms with Gasteiger partial charge in [-0.15, -0.1) is 0 Å². The molecule has 4 nitrogen and oxygen atoms in total. The van der Waals surface area contributed by atoms with Crippen LogP contribution in [-0.2, 0) is 17.6 Å². The number of hydrogen-bond acceptors (Lipinski definition) is 4. The highest BCUT2D eigenvalue weighted by Crippen LogP contribution is 2.19. The van der Waals surface area contributed by atoms with Gasteiger partial charge in [0.1, 0.15) is 11.8 Å². The summed E-state index contributed by atoms with van der Waals surface area (Å²) in [6, 6.07) is 0.129. The molecule has 1 atom stereocenters. The van der Waals surface area contributed by atoms with E-state index in [1.807, 2.05) is 0 Å². The van der Waals surface area contributed by atoms with Crippen molar-refractivity contribution in [2.75, 3.05) is 19.8 Å². The number of hydrogen-bond donors (Lipinski definition) is 1. The van der Waals surface area contributed by atoms with Crippen molar-refractivity contribution in [1.82, 2.24) is 10.3 Å². The van der Waals surface area contributed by atoms with Crippen molar-refractivity contribution in [3.05, 3.63) is 17.3 Å². The Morgan fingerprint density at radius 1 is 1.40 bits per heavy atom. The van der Waals surface area contributed by atoms with Crippen molar-refractivity contribution in [1.29, 1.82) is 0 Å². The predicted octanol–water partition coefficient (Wildman–Crippen LogP) is 1.46. The number of nitrogens with one attached hydrogen (secondary N) is 1. The van der Waals surface area contributed by atoms with E-state index in [4.69, 9.17) is 9.15 Å². The molecule has 0 saturated carbocycles. The summed E-state index contributed by atoms with van der Waals surface area (Å²) >= 11 is 0. The van der Waals surface area contributed by atoms with Crippen LogP contribution in [-0.4, -0.2) is 24.7 Å². The lowest BCUT2D eigenvalue weighted by Gasteiger charge is -2.20. The molecule has 1 unspecified atom stereocenters. The van der Waals surface area contributed by atoms with Gasteiger partial charge < -0.3 is 14.5 Å². The molecular weight excluding hydrogens is 192 g/mol. The Kier molecular flexibility index (Phi) is 3.38. The van der Waals surface area contributed by atoms with Gasteiger partial charge in [0.15, 0.2) is 0 Å². The normalized spacial score (nSPS) is 21.9. The quantitative estimate of drug-likeness (QED) is 0.820. The van der Waals surface area contributed by atoms with Gasteiger partial charge in [-0.25, -0.2) is 4.98 Å². The van der Waals surface area contributed by atoms with Crippen molar-refractivity contribution in [3.8, 4) is 0 Å². The molecule has 0 amide bonds. The molecule has 1 fully saturated rings. The van der Waals surface area contributed by atoms with Crippen LogP contribution in [0.3, 0.4) is 0 Å². The largest absolute Gasteiger partial charge is 0.444 e. The van der Waals surface area contributed by atoms with E-state index in [2.05, 4.69) is 24.1 Å². The summed E-state index contributed by atoms with van der Waals surface area (Å²) in [7, 11) is 0. The van der Waals surface area contributed by atoms with Gasteiger partial charge in [-0.1, -0.05) is 13.8 Å². The van der Waals surface area contributed by atoms with Gasteiger partial charge in [-0.2, -0.15) is 0 Å². The second kappa shape index (κ2) is 4.77. The van der Waals surface area contributed by atoms with Gasteiger partial charge in [0, 0.05) is 13.0 Å². The summed E-state index contributed by atoms with van der Waals surface area (Å²) in [5, 5.41) is 3.34. The first-order valence-electron chi connectivity index (χ1n) is 5.64. The van der Waals surface area contributed by atoms with Gasteiger partial charge in [-0.05, 0) is 6.42 Å². The number of aromatic nitrogens is 1. The van der Waals surface area contributed by atoms with Crippen molar-refractivity contribution in [3.63, 3.8) is 0 Å². The number of morpholine rings is 1. The summed E-state index contributed by atoms with van der Waals surface area (Å²) in [4.78, 5) is 4.51. The number of oxazole rings is 1. The van der Waals surface area contributed by atoms with Crippen LogP contribution >= 0.6 is 0 Å². The summed E-state index contributed by atoms with van der Waals surface area (Å²) < 4.78 is 11.1. The fraction of sp³-hybridized carbons (Fsp3) is 0.727. The molecule has 0 bridgehead atoms. The van der Waals surface area contributed by atoms with Gasteiger partial charge in [0.05, 0.1) is 18.9 Å². The summed E-state index contributed by atoms with van der Waals surface area (Å²) in [5.74, 6) is 1.79. The highest BCUT2D eigenvalue weighted by Gasteiger charge is 2.21. The van der Waals surface area contributed by atoms with E-state index < -0.39 is 0 Å². The molecule has 1 aliphatic heterocycles. The lowest BCUT2D eigenvalue weighted by atomic mass is 10.2. The van der Waals surface area contributed by atoms with E-state index >= 15 is 0 Å².